The minimum absolute atomic E-state index is 0.0887. The quantitative estimate of drug-likeness (QED) is 0.726. The highest BCUT2D eigenvalue weighted by atomic mass is 16.3. The van der Waals surface area contributed by atoms with Crippen LogP contribution in [0, 0.1) is 0 Å². The van der Waals surface area contributed by atoms with Gasteiger partial charge in [-0.2, -0.15) is 0 Å². The van der Waals surface area contributed by atoms with Gasteiger partial charge in [-0.3, -0.25) is 4.79 Å². The second kappa shape index (κ2) is 4.40. The number of aromatic nitrogens is 1. The topological polar surface area (TPSA) is 53.4 Å². The van der Waals surface area contributed by atoms with Gasteiger partial charge in [0.25, 0.3) is 0 Å². The first-order valence-corrected chi connectivity index (χ1v) is 5.14. The summed E-state index contributed by atoms with van der Waals surface area (Å²) in [6, 6.07) is 3.95. The minimum atomic E-state index is 0.0887. The highest BCUT2D eigenvalue weighted by Crippen LogP contribution is 2.31. The van der Waals surface area contributed by atoms with Crippen LogP contribution in [0.1, 0.15) is 23.2 Å². The van der Waals surface area contributed by atoms with Crippen molar-refractivity contribution in [3.05, 3.63) is 23.9 Å². The van der Waals surface area contributed by atoms with Gasteiger partial charge < -0.3 is 10.0 Å². The molecule has 80 valence electrons. The van der Waals surface area contributed by atoms with Crippen molar-refractivity contribution in [3.8, 4) is 0 Å². The van der Waals surface area contributed by atoms with Crippen LogP contribution in [0.5, 0.6) is 0 Å². The summed E-state index contributed by atoms with van der Waals surface area (Å²) in [6.45, 7) is 0.633. The third-order valence-electron chi connectivity index (χ3n) is 2.54. The van der Waals surface area contributed by atoms with E-state index in [1.54, 1.807) is 18.3 Å². The van der Waals surface area contributed by atoms with Crippen molar-refractivity contribution in [1.82, 2.24) is 4.98 Å². The minimum Gasteiger partial charge on any atom is -0.395 e. The molecule has 2 rings (SSSR count). The molecule has 0 atom stereocenters. The zero-order valence-corrected chi connectivity index (χ0v) is 8.47. The standard InChI is InChI=1S/C11H14N2O2/c14-7-6-13(10-3-4-10)11-9(8-15)2-1-5-12-11/h1-2,5,8,10,14H,3-4,6-7H2. The van der Waals surface area contributed by atoms with Crippen molar-refractivity contribution >= 4 is 12.1 Å². The Bertz CT molecular complexity index is 350. The van der Waals surface area contributed by atoms with Gasteiger partial charge in [0.2, 0.25) is 0 Å². The van der Waals surface area contributed by atoms with Crippen LogP contribution in [-0.2, 0) is 0 Å². The molecule has 0 spiro atoms. The van der Waals surface area contributed by atoms with E-state index in [1.807, 2.05) is 4.90 Å². The molecule has 1 heterocycles. The summed E-state index contributed by atoms with van der Waals surface area (Å²) in [5.41, 5.74) is 0.595. The number of carbonyl (C=O) groups excluding carboxylic acids is 1. The molecule has 1 aromatic heterocycles. The van der Waals surface area contributed by atoms with Crippen LogP contribution in [0.4, 0.5) is 5.82 Å². The number of nitrogens with zero attached hydrogens (tertiary/aromatic N) is 2. The van der Waals surface area contributed by atoms with Gasteiger partial charge in [0.15, 0.2) is 6.29 Å². The average Bonchev–Trinajstić information content (AvgIpc) is 3.10. The number of aldehydes is 1. The highest BCUT2D eigenvalue weighted by molar-refractivity contribution is 5.82. The van der Waals surface area contributed by atoms with E-state index >= 15 is 0 Å². The van der Waals surface area contributed by atoms with Crippen molar-refractivity contribution in [2.24, 2.45) is 0 Å². The number of aliphatic hydroxyl groups excluding tert-OH is 1. The Hall–Kier alpha value is -1.42. The van der Waals surface area contributed by atoms with Crippen LogP contribution in [-0.4, -0.2) is 35.6 Å². The zero-order chi connectivity index (χ0) is 10.7. The van der Waals surface area contributed by atoms with Crippen LogP contribution < -0.4 is 4.90 Å². The van der Waals surface area contributed by atoms with Crippen molar-refractivity contribution < 1.29 is 9.90 Å². The summed E-state index contributed by atoms with van der Waals surface area (Å²) in [5, 5.41) is 8.98. The maximum absolute atomic E-state index is 10.8. The molecule has 0 bridgehead atoms. The normalized spacial score (nSPS) is 15.0. The monoisotopic (exact) mass is 206 g/mol. The first kappa shape index (κ1) is 10.1. The van der Waals surface area contributed by atoms with Crippen molar-refractivity contribution in [2.45, 2.75) is 18.9 Å². The lowest BCUT2D eigenvalue weighted by molar-refractivity contribution is 0.112. The highest BCUT2D eigenvalue weighted by Gasteiger charge is 2.30. The molecule has 4 nitrogen and oxygen atoms in total. The van der Waals surface area contributed by atoms with Gasteiger partial charge >= 0.3 is 0 Å². The van der Waals surface area contributed by atoms with Gasteiger partial charge in [-0.15, -0.1) is 0 Å². The second-order valence-electron chi connectivity index (χ2n) is 3.68. The fourth-order valence-corrected chi connectivity index (χ4v) is 1.70. The van der Waals surface area contributed by atoms with Gasteiger partial charge in [-0.05, 0) is 25.0 Å². The summed E-state index contributed by atoms with van der Waals surface area (Å²) in [7, 11) is 0. The summed E-state index contributed by atoms with van der Waals surface area (Å²) in [4.78, 5) is 17.1. The molecule has 4 heteroatoms. The summed E-state index contributed by atoms with van der Waals surface area (Å²) < 4.78 is 0. The molecule has 0 amide bonds. The number of rotatable bonds is 5. The lowest BCUT2D eigenvalue weighted by Gasteiger charge is -2.23. The third kappa shape index (κ3) is 2.15. The number of hydrogen-bond acceptors (Lipinski definition) is 4. The molecule has 0 unspecified atom stereocenters. The van der Waals surface area contributed by atoms with Crippen molar-refractivity contribution in [3.63, 3.8) is 0 Å². The Kier molecular flexibility index (Phi) is 2.97. The third-order valence-corrected chi connectivity index (χ3v) is 2.54. The van der Waals surface area contributed by atoms with Gasteiger partial charge in [-0.25, -0.2) is 4.98 Å². The number of carbonyl (C=O) groups is 1. The lowest BCUT2D eigenvalue weighted by atomic mass is 10.2. The molecule has 15 heavy (non-hydrogen) atoms. The fraction of sp³-hybridized carbons (Fsp3) is 0.455. The molecular weight excluding hydrogens is 192 g/mol. The molecule has 0 aliphatic heterocycles. The van der Waals surface area contributed by atoms with Crippen molar-refractivity contribution in [1.29, 1.82) is 0 Å². The largest absolute Gasteiger partial charge is 0.395 e. The van der Waals surface area contributed by atoms with E-state index in [1.165, 1.54) is 0 Å². The predicted molar refractivity (Wildman–Crippen MR) is 57.1 cm³/mol. The predicted octanol–water partition coefficient (Wildman–Crippen LogP) is 0.855. The van der Waals surface area contributed by atoms with E-state index in [9.17, 15) is 4.79 Å². The summed E-state index contributed by atoms with van der Waals surface area (Å²) in [6.07, 6.45) is 4.73. The van der Waals surface area contributed by atoms with Gasteiger partial charge in [0, 0.05) is 18.8 Å². The van der Waals surface area contributed by atoms with Crippen LogP contribution >= 0.6 is 0 Å². The molecule has 1 aromatic rings. The van der Waals surface area contributed by atoms with Crippen LogP contribution in [0.2, 0.25) is 0 Å². The van der Waals surface area contributed by atoms with Gasteiger partial charge in [0.1, 0.15) is 5.82 Å². The van der Waals surface area contributed by atoms with Gasteiger partial charge in [-0.1, -0.05) is 0 Å². The van der Waals surface area contributed by atoms with Crippen LogP contribution in [0.3, 0.4) is 0 Å². The summed E-state index contributed by atoms with van der Waals surface area (Å²) >= 11 is 0. The SMILES string of the molecule is O=Cc1cccnc1N(CCO)C1CC1. The average molecular weight is 206 g/mol. The zero-order valence-electron chi connectivity index (χ0n) is 8.47. The van der Waals surface area contributed by atoms with Crippen LogP contribution in [0.25, 0.3) is 0 Å². The smallest absolute Gasteiger partial charge is 0.153 e. The van der Waals surface area contributed by atoms with E-state index < -0.39 is 0 Å². The Morgan fingerprint density at radius 3 is 3.00 bits per heavy atom. The maximum atomic E-state index is 10.8. The van der Waals surface area contributed by atoms with E-state index in [0.29, 0.717) is 24.0 Å². The molecule has 1 fully saturated rings. The first-order chi connectivity index (χ1) is 7.36. The Morgan fingerprint density at radius 1 is 1.60 bits per heavy atom. The molecule has 0 saturated heterocycles. The molecule has 0 aromatic carbocycles. The van der Waals surface area contributed by atoms with Crippen LogP contribution in [0.15, 0.2) is 18.3 Å². The molecule has 1 aliphatic rings. The maximum Gasteiger partial charge on any atom is 0.153 e. The van der Waals surface area contributed by atoms with E-state index in [2.05, 4.69) is 4.98 Å². The second-order valence-corrected chi connectivity index (χ2v) is 3.68. The Balaban J connectivity index is 2.27. The first-order valence-electron chi connectivity index (χ1n) is 5.14. The number of aliphatic hydroxyl groups is 1. The molecule has 1 N–H and O–H groups in total. The van der Waals surface area contributed by atoms with Crippen molar-refractivity contribution in [2.75, 3.05) is 18.1 Å². The van der Waals surface area contributed by atoms with Gasteiger partial charge in [0.05, 0.1) is 12.2 Å². The number of anilines is 1. The molecule has 1 saturated carbocycles. The summed E-state index contributed by atoms with van der Waals surface area (Å²) in [5.74, 6) is 0.698. The fourth-order valence-electron chi connectivity index (χ4n) is 1.70. The molecular formula is C11H14N2O2. The Labute approximate surface area is 88.6 Å². The number of pyridine rings is 1. The molecule has 1 aliphatic carbocycles. The lowest BCUT2D eigenvalue weighted by Crippen LogP contribution is -2.30. The van der Waals surface area contributed by atoms with E-state index in [0.717, 1.165) is 19.1 Å². The molecule has 0 radical (unpaired) electrons. The van der Waals surface area contributed by atoms with E-state index in [4.69, 9.17) is 5.11 Å². The number of hydrogen-bond donors (Lipinski definition) is 1. The Morgan fingerprint density at radius 2 is 2.40 bits per heavy atom. The van der Waals surface area contributed by atoms with E-state index in [-0.39, 0.29) is 6.61 Å².